The quantitative estimate of drug-likeness (QED) is 0.612. The van der Waals surface area contributed by atoms with Crippen molar-refractivity contribution in [2.24, 2.45) is 0 Å². The first kappa shape index (κ1) is 15.5. The van der Waals surface area contributed by atoms with Crippen LogP contribution in [0.15, 0.2) is 24.4 Å². The lowest BCUT2D eigenvalue weighted by Gasteiger charge is -2.25. The number of halogens is 1. The van der Waals surface area contributed by atoms with E-state index >= 15 is 0 Å². The number of carbonyl (C=O) groups is 3. The fourth-order valence-electron chi connectivity index (χ4n) is 2.28. The maximum Gasteiger partial charge on any atom is 0.341 e. The number of amides is 1. The Hall–Kier alpha value is -2.90. The number of H-pyrrole nitrogens is 1. The van der Waals surface area contributed by atoms with Crippen molar-refractivity contribution in [2.45, 2.75) is 18.9 Å². The van der Waals surface area contributed by atoms with Gasteiger partial charge in [0.2, 0.25) is 11.4 Å². The number of carboxylic acids is 2. The zero-order chi connectivity index (χ0) is 16.5. The first-order valence-electron chi connectivity index (χ1n) is 6.27. The molecular formula is C14H13FN2O5. The van der Waals surface area contributed by atoms with Gasteiger partial charge in [0.25, 0.3) is 0 Å². The van der Waals surface area contributed by atoms with E-state index in [1.165, 1.54) is 24.4 Å². The number of aromatic amines is 1. The highest BCUT2D eigenvalue weighted by Gasteiger charge is 2.48. The molecule has 0 radical (unpaired) electrons. The van der Waals surface area contributed by atoms with E-state index < -0.39 is 35.6 Å². The van der Waals surface area contributed by atoms with Gasteiger partial charge in [0, 0.05) is 30.4 Å². The van der Waals surface area contributed by atoms with Gasteiger partial charge in [-0.3, -0.25) is 4.79 Å². The van der Waals surface area contributed by atoms with Crippen LogP contribution in [0.1, 0.15) is 12.5 Å². The van der Waals surface area contributed by atoms with Crippen molar-refractivity contribution in [1.82, 2.24) is 10.3 Å². The first-order chi connectivity index (χ1) is 10.3. The molecule has 0 aliphatic carbocycles. The molecule has 1 amide bonds. The molecule has 0 bridgehead atoms. The third kappa shape index (κ3) is 2.62. The van der Waals surface area contributed by atoms with Gasteiger partial charge in [-0.2, -0.15) is 0 Å². The topological polar surface area (TPSA) is 119 Å². The Morgan fingerprint density at radius 1 is 1.27 bits per heavy atom. The maximum absolute atomic E-state index is 13.3. The summed E-state index contributed by atoms with van der Waals surface area (Å²) >= 11 is 0. The van der Waals surface area contributed by atoms with Crippen LogP contribution in [-0.4, -0.2) is 38.6 Å². The predicted molar refractivity (Wildman–Crippen MR) is 73.8 cm³/mol. The lowest BCUT2D eigenvalue weighted by molar-refractivity contribution is -0.161. The van der Waals surface area contributed by atoms with Gasteiger partial charge >= 0.3 is 11.9 Å². The molecule has 7 nitrogen and oxygen atoms in total. The second-order valence-electron chi connectivity index (χ2n) is 4.88. The number of hydrogen-bond acceptors (Lipinski definition) is 3. The monoisotopic (exact) mass is 308 g/mol. The van der Waals surface area contributed by atoms with Gasteiger partial charge in [-0.25, -0.2) is 14.0 Å². The Bertz CT molecular complexity index is 754. The molecule has 4 N–H and O–H groups in total. The van der Waals surface area contributed by atoms with E-state index in [-0.39, 0.29) is 5.56 Å². The van der Waals surface area contributed by atoms with Crippen molar-refractivity contribution in [3.63, 3.8) is 0 Å². The van der Waals surface area contributed by atoms with Crippen LogP contribution < -0.4 is 5.32 Å². The normalized spacial score (nSPS) is 11.4. The number of benzene rings is 1. The third-order valence-corrected chi connectivity index (χ3v) is 3.30. The van der Waals surface area contributed by atoms with Crippen molar-refractivity contribution in [3.05, 3.63) is 35.8 Å². The molecule has 0 unspecified atom stereocenters. The van der Waals surface area contributed by atoms with Gasteiger partial charge in [0.05, 0.1) is 0 Å². The van der Waals surface area contributed by atoms with Gasteiger partial charge in [0.15, 0.2) is 0 Å². The van der Waals surface area contributed by atoms with Crippen molar-refractivity contribution in [1.29, 1.82) is 0 Å². The summed E-state index contributed by atoms with van der Waals surface area (Å²) < 4.78 is 13.3. The SMILES string of the molecule is CC(=O)NC(Cc1c[nH]c2ccc(F)cc12)(C(=O)O)C(=O)O. The Morgan fingerprint density at radius 3 is 2.45 bits per heavy atom. The van der Waals surface area contributed by atoms with E-state index in [1.807, 2.05) is 5.32 Å². The minimum Gasteiger partial charge on any atom is -0.479 e. The molecule has 116 valence electrons. The summed E-state index contributed by atoms with van der Waals surface area (Å²) in [6.07, 6.45) is 0.868. The summed E-state index contributed by atoms with van der Waals surface area (Å²) in [5.74, 6) is -4.75. The average molecular weight is 308 g/mol. The van der Waals surface area contributed by atoms with Crippen molar-refractivity contribution in [3.8, 4) is 0 Å². The Balaban J connectivity index is 2.53. The van der Waals surface area contributed by atoms with Crippen LogP contribution in [0.2, 0.25) is 0 Å². The number of carbonyl (C=O) groups excluding carboxylic acids is 1. The molecule has 2 aromatic rings. The Labute approximate surface area is 123 Å². The van der Waals surface area contributed by atoms with Gasteiger partial charge < -0.3 is 20.5 Å². The number of hydrogen-bond donors (Lipinski definition) is 4. The molecule has 2 rings (SSSR count). The van der Waals surface area contributed by atoms with E-state index in [9.17, 15) is 29.0 Å². The molecule has 0 aliphatic rings. The molecule has 22 heavy (non-hydrogen) atoms. The standard InChI is InChI=1S/C14H13FN2O5/c1-7(18)17-14(12(19)20,13(21)22)5-8-6-16-11-3-2-9(15)4-10(8)11/h2-4,6,16H,5H2,1H3,(H,17,18)(H,19,20)(H,21,22). The van der Waals surface area contributed by atoms with Crippen LogP contribution >= 0.6 is 0 Å². The summed E-state index contributed by atoms with van der Waals surface area (Å²) in [6, 6.07) is 3.84. The smallest absolute Gasteiger partial charge is 0.341 e. The summed E-state index contributed by atoms with van der Waals surface area (Å²) in [4.78, 5) is 36.9. The van der Waals surface area contributed by atoms with Crippen LogP contribution in [-0.2, 0) is 20.8 Å². The number of fused-ring (bicyclic) bond motifs is 1. The molecule has 8 heteroatoms. The fraction of sp³-hybridized carbons (Fsp3) is 0.214. The van der Waals surface area contributed by atoms with Gasteiger partial charge in [-0.15, -0.1) is 0 Å². The van der Waals surface area contributed by atoms with Crippen molar-refractivity contribution >= 4 is 28.7 Å². The molecule has 1 heterocycles. The van der Waals surface area contributed by atoms with Crippen LogP contribution in [0.3, 0.4) is 0 Å². The zero-order valence-electron chi connectivity index (χ0n) is 11.5. The number of aliphatic carboxylic acids is 2. The zero-order valence-corrected chi connectivity index (χ0v) is 11.5. The molecule has 0 saturated heterocycles. The van der Waals surface area contributed by atoms with Crippen molar-refractivity contribution < 1.29 is 29.0 Å². The lowest BCUT2D eigenvalue weighted by atomic mass is 9.90. The largest absolute Gasteiger partial charge is 0.479 e. The Morgan fingerprint density at radius 2 is 1.91 bits per heavy atom. The molecule has 1 aromatic carbocycles. The number of rotatable bonds is 5. The minimum atomic E-state index is -2.52. The maximum atomic E-state index is 13.3. The van der Waals surface area contributed by atoms with Gasteiger partial charge in [-0.1, -0.05) is 0 Å². The molecule has 0 fully saturated rings. The highest BCUT2D eigenvalue weighted by molar-refractivity contribution is 6.06. The second-order valence-corrected chi connectivity index (χ2v) is 4.88. The van der Waals surface area contributed by atoms with Crippen LogP contribution in [0.25, 0.3) is 10.9 Å². The lowest BCUT2D eigenvalue weighted by Crippen LogP contribution is -2.61. The van der Waals surface area contributed by atoms with E-state index in [2.05, 4.69) is 4.98 Å². The predicted octanol–water partition coefficient (Wildman–Crippen LogP) is 0.894. The van der Waals surface area contributed by atoms with Crippen molar-refractivity contribution in [2.75, 3.05) is 0 Å². The highest BCUT2D eigenvalue weighted by atomic mass is 19.1. The molecule has 0 spiro atoms. The summed E-state index contributed by atoms with van der Waals surface area (Å²) in [7, 11) is 0. The fourth-order valence-corrected chi connectivity index (χ4v) is 2.28. The summed E-state index contributed by atoms with van der Waals surface area (Å²) in [5.41, 5.74) is -1.72. The third-order valence-electron chi connectivity index (χ3n) is 3.30. The summed E-state index contributed by atoms with van der Waals surface area (Å²) in [5, 5.41) is 20.9. The highest BCUT2D eigenvalue weighted by Crippen LogP contribution is 2.24. The van der Waals surface area contributed by atoms with E-state index in [0.717, 1.165) is 6.92 Å². The van der Waals surface area contributed by atoms with Gasteiger partial charge in [-0.05, 0) is 23.8 Å². The van der Waals surface area contributed by atoms with E-state index in [4.69, 9.17) is 0 Å². The second kappa shape index (κ2) is 5.47. The van der Waals surface area contributed by atoms with Crippen LogP contribution in [0, 0.1) is 5.82 Å². The molecular weight excluding hydrogens is 295 g/mol. The molecule has 0 atom stereocenters. The van der Waals surface area contributed by atoms with Crippen LogP contribution in [0.4, 0.5) is 4.39 Å². The van der Waals surface area contributed by atoms with Gasteiger partial charge in [0.1, 0.15) is 5.82 Å². The Kier molecular flexibility index (Phi) is 3.85. The first-order valence-corrected chi connectivity index (χ1v) is 6.27. The van der Waals surface area contributed by atoms with E-state index in [0.29, 0.717) is 10.9 Å². The van der Waals surface area contributed by atoms with Crippen LogP contribution in [0.5, 0.6) is 0 Å². The van der Waals surface area contributed by atoms with E-state index in [1.54, 1.807) is 0 Å². The number of aromatic nitrogens is 1. The average Bonchev–Trinajstić information content (AvgIpc) is 2.79. The minimum absolute atomic E-state index is 0.271. The molecule has 1 aromatic heterocycles. The summed E-state index contributed by atoms with van der Waals surface area (Å²) in [6.45, 7) is 1.02. The molecule has 0 saturated carbocycles. The molecule has 0 aliphatic heterocycles. The number of carboxylic acid groups (broad SMARTS) is 2. The number of nitrogens with one attached hydrogen (secondary N) is 2.